The SMILES string of the molecule is Cc1cc(C)cc(CN2CCN(Cc3cc(C)cc(C)c3)OCCCON(Cc3cc(C)cc(C)c3)CCN(Cc3cc(C)cc(C)c3)OCCCO2)c1. The summed E-state index contributed by atoms with van der Waals surface area (Å²) in [4.78, 5) is 26.1. The van der Waals surface area contributed by atoms with E-state index in [1.54, 1.807) is 0 Å². The molecule has 0 amide bonds. The van der Waals surface area contributed by atoms with E-state index >= 15 is 0 Å². The Kier molecular flexibility index (Phi) is 16.2. The lowest BCUT2D eigenvalue weighted by atomic mass is 10.1. The van der Waals surface area contributed by atoms with Crippen LogP contribution in [0.25, 0.3) is 0 Å². The Hall–Kier alpha value is -3.44. The van der Waals surface area contributed by atoms with Gasteiger partial charge in [0.05, 0.1) is 26.4 Å². The summed E-state index contributed by atoms with van der Waals surface area (Å²) < 4.78 is 0. The molecule has 1 heterocycles. The molecule has 1 saturated heterocycles. The number of hydrogen-bond donors (Lipinski definition) is 0. The summed E-state index contributed by atoms with van der Waals surface area (Å²) in [5.41, 5.74) is 15.1. The van der Waals surface area contributed by atoms with Gasteiger partial charge in [0.25, 0.3) is 0 Å². The predicted octanol–water partition coefficient (Wildman–Crippen LogP) is 8.98. The van der Waals surface area contributed by atoms with Crippen LogP contribution in [-0.4, -0.2) is 72.9 Å². The van der Waals surface area contributed by atoms with Gasteiger partial charge in [-0.3, -0.25) is 19.4 Å². The molecule has 1 aliphatic heterocycles. The van der Waals surface area contributed by atoms with Crippen LogP contribution in [-0.2, 0) is 45.5 Å². The molecule has 54 heavy (non-hydrogen) atoms. The van der Waals surface area contributed by atoms with E-state index in [0.717, 1.165) is 12.8 Å². The first kappa shape index (κ1) is 41.7. The number of nitrogens with zero attached hydrogens (tertiary/aromatic N) is 4. The topological polar surface area (TPSA) is 49.9 Å². The van der Waals surface area contributed by atoms with E-state index in [2.05, 4.69) is 148 Å². The van der Waals surface area contributed by atoms with Gasteiger partial charge in [-0.05, 0) is 90.5 Å². The molecule has 0 atom stereocenters. The van der Waals surface area contributed by atoms with Gasteiger partial charge in [-0.25, -0.2) is 0 Å². The Labute approximate surface area is 325 Å². The van der Waals surface area contributed by atoms with Crippen LogP contribution in [0.1, 0.15) is 79.6 Å². The van der Waals surface area contributed by atoms with Crippen molar-refractivity contribution in [3.8, 4) is 0 Å². The normalized spacial score (nSPS) is 17.3. The highest BCUT2D eigenvalue weighted by atomic mass is 16.7. The molecule has 292 valence electrons. The summed E-state index contributed by atoms with van der Waals surface area (Å²) >= 11 is 0. The minimum Gasteiger partial charge on any atom is -0.299 e. The zero-order valence-corrected chi connectivity index (χ0v) is 34.2. The van der Waals surface area contributed by atoms with Crippen LogP contribution < -0.4 is 0 Å². The van der Waals surface area contributed by atoms with E-state index < -0.39 is 0 Å². The average molecular weight is 737 g/mol. The average Bonchev–Trinajstić information content (AvgIpc) is 3.06. The zero-order valence-electron chi connectivity index (χ0n) is 34.2. The monoisotopic (exact) mass is 736 g/mol. The second-order valence-electron chi connectivity index (χ2n) is 15.5. The Bertz CT molecular complexity index is 1440. The molecule has 8 nitrogen and oxygen atoms in total. The fourth-order valence-electron chi connectivity index (χ4n) is 7.55. The second-order valence-corrected chi connectivity index (χ2v) is 15.5. The van der Waals surface area contributed by atoms with E-state index in [1.807, 2.05) is 0 Å². The van der Waals surface area contributed by atoms with Crippen molar-refractivity contribution >= 4 is 0 Å². The van der Waals surface area contributed by atoms with Crippen molar-refractivity contribution in [2.24, 2.45) is 0 Å². The van der Waals surface area contributed by atoms with Gasteiger partial charge in [-0.1, -0.05) is 117 Å². The molecule has 0 aromatic heterocycles. The van der Waals surface area contributed by atoms with E-state index in [-0.39, 0.29) is 0 Å². The van der Waals surface area contributed by atoms with Crippen molar-refractivity contribution in [3.05, 3.63) is 140 Å². The van der Waals surface area contributed by atoms with Gasteiger partial charge in [0, 0.05) is 52.4 Å². The van der Waals surface area contributed by atoms with Crippen molar-refractivity contribution in [1.82, 2.24) is 20.3 Å². The first-order valence-corrected chi connectivity index (χ1v) is 19.8. The molecule has 0 unspecified atom stereocenters. The van der Waals surface area contributed by atoms with Crippen molar-refractivity contribution in [1.29, 1.82) is 0 Å². The van der Waals surface area contributed by atoms with Gasteiger partial charge < -0.3 is 0 Å². The molecule has 0 saturated carbocycles. The smallest absolute Gasteiger partial charge is 0.0707 e. The highest BCUT2D eigenvalue weighted by molar-refractivity contribution is 5.31. The molecule has 4 aromatic carbocycles. The van der Waals surface area contributed by atoms with Gasteiger partial charge in [-0.2, -0.15) is 20.3 Å². The summed E-state index contributed by atoms with van der Waals surface area (Å²) in [6.07, 6.45) is 1.52. The second kappa shape index (κ2) is 21.0. The molecule has 0 radical (unpaired) electrons. The van der Waals surface area contributed by atoms with Crippen LogP contribution in [0.4, 0.5) is 0 Å². The minimum atomic E-state index is 0.558. The Morgan fingerprint density at radius 1 is 0.315 bits per heavy atom. The third kappa shape index (κ3) is 14.7. The minimum absolute atomic E-state index is 0.558. The van der Waals surface area contributed by atoms with Gasteiger partial charge in [-0.15, -0.1) is 0 Å². The van der Waals surface area contributed by atoms with Gasteiger partial charge in [0.2, 0.25) is 0 Å². The van der Waals surface area contributed by atoms with E-state index in [0.29, 0.717) is 78.8 Å². The lowest BCUT2D eigenvalue weighted by Gasteiger charge is -2.29. The maximum atomic E-state index is 6.52. The Balaban J connectivity index is 1.33. The fourth-order valence-corrected chi connectivity index (χ4v) is 7.55. The molecule has 1 fully saturated rings. The molecule has 0 aliphatic carbocycles. The Morgan fingerprint density at radius 3 is 0.685 bits per heavy atom. The van der Waals surface area contributed by atoms with Crippen LogP contribution in [0.2, 0.25) is 0 Å². The molecular weight excluding hydrogens is 673 g/mol. The van der Waals surface area contributed by atoms with Crippen molar-refractivity contribution in [3.63, 3.8) is 0 Å². The molecule has 0 spiro atoms. The number of aryl methyl sites for hydroxylation is 8. The zero-order chi connectivity index (χ0) is 38.5. The third-order valence-corrected chi connectivity index (χ3v) is 9.43. The van der Waals surface area contributed by atoms with E-state index in [1.165, 1.54) is 66.8 Å². The van der Waals surface area contributed by atoms with Crippen LogP contribution in [0.15, 0.2) is 72.8 Å². The molecule has 8 heteroatoms. The quantitative estimate of drug-likeness (QED) is 0.178. The number of benzene rings is 4. The maximum Gasteiger partial charge on any atom is 0.0707 e. The molecule has 1 aliphatic rings. The van der Waals surface area contributed by atoms with Crippen molar-refractivity contribution in [2.45, 2.75) is 94.4 Å². The van der Waals surface area contributed by atoms with Crippen molar-refractivity contribution < 1.29 is 19.4 Å². The molecule has 4 aromatic rings. The van der Waals surface area contributed by atoms with Crippen LogP contribution in [0.5, 0.6) is 0 Å². The van der Waals surface area contributed by atoms with Crippen LogP contribution >= 0.6 is 0 Å². The summed E-state index contributed by atoms with van der Waals surface area (Å²) in [5.74, 6) is 0. The van der Waals surface area contributed by atoms with Crippen molar-refractivity contribution in [2.75, 3.05) is 52.6 Å². The summed E-state index contributed by atoms with van der Waals surface area (Å²) in [6.45, 7) is 25.0. The molecule has 5 rings (SSSR count). The van der Waals surface area contributed by atoms with E-state index in [9.17, 15) is 0 Å². The van der Waals surface area contributed by atoms with Gasteiger partial charge >= 0.3 is 0 Å². The van der Waals surface area contributed by atoms with Gasteiger partial charge in [0.15, 0.2) is 0 Å². The third-order valence-electron chi connectivity index (χ3n) is 9.43. The fraction of sp³-hybridized carbons (Fsp3) is 0.478. The lowest BCUT2D eigenvalue weighted by molar-refractivity contribution is -0.228. The summed E-state index contributed by atoms with van der Waals surface area (Å²) in [7, 11) is 0. The molecule has 0 N–H and O–H groups in total. The largest absolute Gasteiger partial charge is 0.299 e. The first-order valence-electron chi connectivity index (χ1n) is 19.8. The predicted molar refractivity (Wildman–Crippen MR) is 218 cm³/mol. The van der Waals surface area contributed by atoms with Crippen LogP contribution in [0, 0.1) is 55.4 Å². The number of hydroxylamine groups is 8. The van der Waals surface area contributed by atoms with Gasteiger partial charge in [0.1, 0.15) is 0 Å². The van der Waals surface area contributed by atoms with Crippen LogP contribution in [0.3, 0.4) is 0 Å². The first-order chi connectivity index (χ1) is 25.9. The lowest BCUT2D eigenvalue weighted by Crippen LogP contribution is -2.37. The maximum absolute atomic E-state index is 6.52. The molecule has 0 bridgehead atoms. The van der Waals surface area contributed by atoms with E-state index in [4.69, 9.17) is 19.4 Å². The molecular formula is C46H64N4O4. The summed E-state index contributed by atoms with van der Waals surface area (Å²) in [5, 5.41) is 8.37. The number of hydrogen-bond acceptors (Lipinski definition) is 8. The standard InChI is InChI=1S/C46H64N4O4/c1-35-19-36(2)24-43(23-35)31-47-11-12-48(32-44-25-37(3)20-38(4)26-44)52-17-10-18-54-50(34-46-29-41(7)22-42(8)30-46)14-13-49(53-16-9-15-51-47)33-45-27-39(5)21-40(6)28-45/h19-30H,9-18,31-34H2,1-8H3. The number of rotatable bonds is 8. The summed E-state index contributed by atoms with van der Waals surface area (Å²) in [6, 6.07) is 26.9. The Morgan fingerprint density at radius 2 is 0.500 bits per heavy atom. The highest BCUT2D eigenvalue weighted by Crippen LogP contribution is 2.17. The highest BCUT2D eigenvalue weighted by Gasteiger charge is 2.17.